The zero-order valence-corrected chi connectivity index (χ0v) is 11.9. The molecule has 0 aliphatic heterocycles. The van der Waals surface area contributed by atoms with Gasteiger partial charge in [0, 0.05) is 11.6 Å². The topological polar surface area (TPSA) is 78.0 Å². The molecule has 5 nitrogen and oxygen atoms in total. The minimum atomic E-state index is -3.85. The summed E-state index contributed by atoms with van der Waals surface area (Å²) in [6.45, 7) is 0. The lowest BCUT2D eigenvalue weighted by Crippen LogP contribution is -2.13. The molecule has 0 aliphatic rings. The monoisotopic (exact) mass is 299 g/mol. The van der Waals surface area contributed by atoms with Gasteiger partial charge in [0.25, 0.3) is 10.0 Å². The predicted octanol–water partition coefficient (Wildman–Crippen LogP) is 2.19. The fraction of sp³-hybridized carbons (Fsp3) is 0. The Bertz CT molecular complexity index is 799. The summed E-state index contributed by atoms with van der Waals surface area (Å²) in [5, 5.41) is 9.18. The van der Waals surface area contributed by atoms with Crippen LogP contribution < -0.4 is 5.14 Å². The van der Waals surface area contributed by atoms with Gasteiger partial charge in [-0.1, -0.05) is 48.5 Å². The molecule has 1 aromatic heterocycles. The molecule has 106 valence electrons. The molecule has 0 fully saturated rings. The number of nitrogens with two attached hydrogens (primary N) is 1. The van der Waals surface area contributed by atoms with Crippen LogP contribution in [0.5, 0.6) is 0 Å². The van der Waals surface area contributed by atoms with Crippen molar-refractivity contribution in [1.29, 1.82) is 0 Å². The number of primary sulfonamides is 1. The van der Waals surface area contributed by atoms with Crippen molar-refractivity contribution >= 4 is 10.0 Å². The van der Waals surface area contributed by atoms with Crippen LogP contribution in [0.3, 0.4) is 0 Å². The molecule has 0 spiro atoms. The van der Waals surface area contributed by atoms with Crippen molar-refractivity contribution < 1.29 is 8.42 Å². The molecule has 0 saturated carbocycles. The van der Waals surface area contributed by atoms with Crippen molar-refractivity contribution in [3.63, 3.8) is 0 Å². The van der Waals surface area contributed by atoms with E-state index < -0.39 is 10.0 Å². The van der Waals surface area contributed by atoms with Crippen LogP contribution in [-0.4, -0.2) is 18.2 Å². The first kappa shape index (κ1) is 13.5. The van der Waals surface area contributed by atoms with Crippen LogP contribution in [0.25, 0.3) is 16.9 Å². The molecule has 1 heterocycles. The highest BCUT2D eigenvalue weighted by Gasteiger charge is 2.18. The van der Waals surface area contributed by atoms with Gasteiger partial charge in [0.05, 0.1) is 11.4 Å². The number of aromatic nitrogens is 2. The maximum Gasteiger partial charge on any atom is 0.257 e. The van der Waals surface area contributed by atoms with E-state index in [1.807, 2.05) is 60.7 Å². The van der Waals surface area contributed by atoms with Crippen molar-refractivity contribution in [2.75, 3.05) is 0 Å². The van der Waals surface area contributed by atoms with E-state index in [-0.39, 0.29) is 5.03 Å². The zero-order valence-electron chi connectivity index (χ0n) is 11.0. The number of hydrogen-bond acceptors (Lipinski definition) is 3. The van der Waals surface area contributed by atoms with Gasteiger partial charge in [0.15, 0.2) is 5.03 Å². The van der Waals surface area contributed by atoms with Crippen LogP contribution in [0.1, 0.15) is 0 Å². The molecule has 0 atom stereocenters. The van der Waals surface area contributed by atoms with Gasteiger partial charge in [-0.15, -0.1) is 0 Å². The smallest absolute Gasteiger partial charge is 0.232 e. The van der Waals surface area contributed by atoms with Crippen molar-refractivity contribution in [3.8, 4) is 16.9 Å². The van der Waals surface area contributed by atoms with Gasteiger partial charge in [0.1, 0.15) is 0 Å². The first-order chi connectivity index (χ1) is 10.1. The summed E-state index contributed by atoms with van der Waals surface area (Å²) in [7, 11) is -3.85. The number of sulfonamides is 1. The third kappa shape index (κ3) is 2.72. The van der Waals surface area contributed by atoms with Crippen molar-refractivity contribution in [2.45, 2.75) is 5.03 Å². The summed E-state index contributed by atoms with van der Waals surface area (Å²) in [6.07, 6.45) is 0. The van der Waals surface area contributed by atoms with Crippen LogP contribution >= 0.6 is 0 Å². The molecular formula is C15H13N3O2S. The number of rotatable bonds is 3. The number of para-hydroxylation sites is 1. The fourth-order valence-corrected chi connectivity index (χ4v) is 2.55. The Hall–Kier alpha value is -2.44. The molecule has 0 bridgehead atoms. The second-order valence-corrected chi connectivity index (χ2v) is 6.03. The van der Waals surface area contributed by atoms with Gasteiger partial charge in [-0.2, -0.15) is 5.10 Å². The summed E-state index contributed by atoms with van der Waals surface area (Å²) in [4.78, 5) is 0. The summed E-state index contributed by atoms with van der Waals surface area (Å²) in [6, 6.07) is 20.2. The largest absolute Gasteiger partial charge is 0.257 e. The SMILES string of the molecule is NS(=O)(=O)c1cc(-c2ccccc2)n(-c2ccccc2)n1. The molecule has 2 aromatic carbocycles. The Labute approximate surface area is 122 Å². The zero-order chi connectivity index (χ0) is 14.9. The number of nitrogens with zero attached hydrogens (tertiary/aromatic N) is 2. The van der Waals surface area contributed by atoms with E-state index in [4.69, 9.17) is 5.14 Å². The average molecular weight is 299 g/mol. The normalized spacial score (nSPS) is 11.5. The standard InChI is InChI=1S/C15H13N3O2S/c16-21(19,20)15-11-14(12-7-3-1-4-8-12)18(17-15)13-9-5-2-6-10-13/h1-11H,(H2,16,19,20). The lowest BCUT2D eigenvalue weighted by Gasteiger charge is -2.06. The predicted molar refractivity (Wildman–Crippen MR) is 80.4 cm³/mol. The second kappa shape index (κ2) is 5.16. The minimum Gasteiger partial charge on any atom is -0.232 e. The Balaban J connectivity index is 2.25. The van der Waals surface area contributed by atoms with E-state index >= 15 is 0 Å². The Kier molecular flexibility index (Phi) is 3.32. The molecule has 6 heteroatoms. The maximum atomic E-state index is 11.6. The Morgan fingerprint density at radius 1 is 0.905 bits per heavy atom. The lowest BCUT2D eigenvalue weighted by atomic mass is 10.1. The molecule has 0 amide bonds. The van der Waals surface area contributed by atoms with Crippen LogP contribution in [0.2, 0.25) is 0 Å². The van der Waals surface area contributed by atoms with E-state index in [1.165, 1.54) is 6.07 Å². The number of benzene rings is 2. The van der Waals surface area contributed by atoms with Crippen molar-refractivity contribution in [3.05, 3.63) is 66.7 Å². The van der Waals surface area contributed by atoms with E-state index in [9.17, 15) is 8.42 Å². The van der Waals surface area contributed by atoms with E-state index in [2.05, 4.69) is 5.10 Å². The fourth-order valence-electron chi connectivity index (χ4n) is 2.08. The Morgan fingerprint density at radius 2 is 1.48 bits per heavy atom. The van der Waals surface area contributed by atoms with E-state index in [0.717, 1.165) is 11.3 Å². The number of hydrogen-bond donors (Lipinski definition) is 1. The van der Waals surface area contributed by atoms with Crippen molar-refractivity contribution in [1.82, 2.24) is 9.78 Å². The molecule has 0 aliphatic carbocycles. The molecule has 3 aromatic rings. The molecule has 21 heavy (non-hydrogen) atoms. The molecule has 0 saturated heterocycles. The van der Waals surface area contributed by atoms with Gasteiger partial charge >= 0.3 is 0 Å². The molecule has 0 unspecified atom stereocenters. The first-order valence-corrected chi connectivity index (χ1v) is 7.84. The first-order valence-electron chi connectivity index (χ1n) is 6.29. The summed E-state index contributed by atoms with van der Waals surface area (Å²) >= 11 is 0. The average Bonchev–Trinajstić information content (AvgIpc) is 2.94. The van der Waals surface area contributed by atoms with Gasteiger partial charge in [-0.05, 0) is 12.1 Å². The second-order valence-electron chi connectivity index (χ2n) is 4.53. The Morgan fingerprint density at radius 3 is 2.05 bits per heavy atom. The maximum absolute atomic E-state index is 11.6. The molecular weight excluding hydrogens is 286 g/mol. The van der Waals surface area contributed by atoms with Gasteiger partial charge in [-0.3, -0.25) is 0 Å². The van der Waals surface area contributed by atoms with Gasteiger partial charge in [0.2, 0.25) is 0 Å². The van der Waals surface area contributed by atoms with E-state index in [0.29, 0.717) is 5.69 Å². The third-order valence-corrected chi connectivity index (χ3v) is 3.83. The highest BCUT2D eigenvalue weighted by atomic mass is 32.2. The molecule has 2 N–H and O–H groups in total. The lowest BCUT2D eigenvalue weighted by molar-refractivity contribution is 0.592. The quantitative estimate of drug-likeness (QED) is 0.805. The van der Waals surface area contributed by atoms with E-state index in [1.54, 1.807) is 4.68 Å². The van der Waals surface area contributed by atoms with Crippen LogP contribution in [0, 0.1) is 0 Å². The summed E-state index contributed by atoms with van der Waals surface area (Å²) < 4.78 is 24.7. The summed E-state index contributed by atoms with van der Waals surface area (Å²) in [5.74, 6) is 0. The van der Waals surface area contributed by atoms with Crippen LogP contribution in [0.15, 0.2) is 71.8 Å². The summed E-state index contributed by atoms with van der Waals surface area (Å²) in [5.41, 5.74) is 2.31. The molecule has 0 radical (unpaired) electrons. The highest BCUT2D eigenvalue weighted by molar-refractivity contribution is 7.89. The highest BCUT2D eigenvalue weighted by Crippen LogP contribution is 2.25. The third-order valence-electron chi connectivity index (χ3n) is 3.05. The van der Waals surface area contributed by atoms with Gasteiger partial charge in [-0.25, -0.2) is 18.2 Å². The van der Waals surface area contributed by atoms with Crippen LogP contribution in [-0.2, 0) is 10.0 Å². The molecule has 3 rings (SSSR count). The minimum absolute atomic E-state index is 0.148. The van der Waals surface area contributed by atoms with Crippen molar-refractivity contribution in [2.24, 2.45) is 5.14 Å². The van der Waals surface area contributed by atoms with Gasteiger partial charge < -0.3 is 0 Å². The van der Waals surface area contributed by atoms with Crippen LogP contribution in [0.4, 0.5) is 0 Å².